The molecule has 0 radical (unpaired) electrons. The molecule has 0 aromatic carbocycles. The molecule has 0 spiro atoms. The number of amides is 1. The van der Waals surface area contributed by atoms with Crippen LogP contribution in [0.25, 0.3) is 0 Å². The molecule has 0 fully saturated rings. The molecule has 0 aliphatic rings. The molecule has 1 atom stereocenters. The number of carbonyl (C=O) groups is 1. The normalized spacial score (nSPS) is 12.6. The third-order valence-electron chi connectivity index (χ3n) is 1.58. The van der Waals surface area contributed by atoms with Crippen molar-refractivity contribution in [2.45, 2.75) is 25.0 Å². The van der Waals surface area contributed by atoms with Crippen LogP contribution in [-0.4, -0.2) is 30.5 Å². The molecule has 0 bridgehead atoms. The Morgan fingerprint density at radius 1 is 1.67 bits per heavy atom. The SMILES string of the molecule is CNC(=O)CCSC(C)CCN. The van der Waals surface area contributed by atoms with Crippen LogP contribution in [0.15, 0.2) is 0 Å². The van der Waals surface area contributed by atoms with Gasteiger partial charge in [0.25, 0.3) is 0 Å². The lowest BCUT2D eigenvalue weighted by atomic mass is 10.3. The Bertz CT molecular complexity index is 130. The van der Waals surface area contributed by atoms with Gasteiger partial charge in [0.1, 0.15) is 0 Å². The molecule has 0 aromatic rings. The predicted octanol–water partition coefficient (Wildman–Crippen LogP) is 0.593. The van der Waals surface area contributed by atoms with Crippen LogP contribution in [0.4, 0.5) is 0 Å². The van der Waals surface area contributed by atoms with Gasteiger partial charge in [0.2, 0.25) is 5.91 Å². The molecule has 0 aliphatic heterocycles. The predicted molar refractivity (Wildman–Crippen MR) is 54.3 cm³/mol. The van der Waals surface area contributed by atoms with E-state index in [9.17, 15) is 4.79 Å². The minimum Gasteiger partial charge on any atom is -0.359 e. The van der Waals surface area contributed by atoms with Gasteiger partial charge in [-0.05, 0) is 13.0 Å². The highest BCUT2D eigenvalue weighted by Gasteiger charge is 2.02. The first kappa shape index (κ1) is 11.8. The Balaban J connectivity index is 3.24. The van der Waals surface area contributed by atoms with E-state index >= 15 is 0 Å². The quantitative estimate of drug-likeness (QED) is 0.644. The maximum atomic E-state index is 10.8. The molecule has 72 valence electrons. The number of carbonyl (C=O) groups excluding carboxylic acids is 1. The van der Waals surface area contributed by atoms with Crippen LogP contribution in [0.5, 0.6) is 0 Å². The van der Waals surface area contributed by atoms with Crippen LogP contribution in [0.3, 0.4) is 0 Å². The van der Waals surface area contributed by atoms with Gasteiger partial charge in [-0.1, -0.05) is 6.92 Å². The highest BCUT2D eigenvalue weighted by atomic mass is 32.2. The third kappa shape index (κ3) is 6.49. The largest absolute Gasteiger partial charge is 0.359 e. The van der Waals surface area contributed by atoms with E-state index in [2.05, 4.69) is 12.2 Å². The Kier molecular flexibility index (Phi) is 7.29. The lowest BCUT2D eigenvalue weighted by Gasteiger charge is -2.08. The number of thioether (sulfide) groups is 1. The van der Waals surface area contributed by atoms with Crippen molar-refractivity contribution in [3.63, 3.8) is 0 Å². The molecular formula is C8H18N2OS. The standard InChI is InChI=1S/C8H18N2OS/c1-7(3-5-9)12-6-4-8(11)10-2/h7H,3-6,9H2,1-2H3,(H,10,11). The van der Waals surface area contributed by atoms with Gasteiger partial charge in [-0.3, -0.25) is 4.79 Å². The van der Waals surface area contributed by atoms with E-state index in [1.807, 2.05) is 0 Å². The Labute approximate surface area is 78.5 Å². The first-order chi connectivity index (χ1) is 5.70. The van der Waals surface area contributed by atoms with Gasteiger partial charge in [-0.25, -0.2) is 0 Å². The van der Waals surface area contributed by atoms with Gasteiger partial charge in [0, 0.05) is 24.5 Å². The minimum absolute atomic E-state index is 0.113. The number of rotatable bonds is 6. The highest BCUT2D eigenvalue weighted by Crippen LogP contribution is 2.13. The summed E-state index contributed by atoms with van der Waals surface area (Å²) in [6.07, 6.45) is 1.63. The molecule has 0 aromatic heterocycles. The van der Waals surface area contributed by atoms with Gasteiger partial charge in [-0.2, -0.15) is 11.8 Å². The lowest BCUT2D eigenvalue weighted by molar-refractivity contribution is -0.120. The monoisotopic (exact) mass is 190 g/mol. The number of nitrogens with one attached hydrogen (secondary N) is 1. The van der Waals surface area contributed by atoms with Crippen LogP contribution in [0.1, 0.15) is 19.8 Å². The van der Waals surface area contributed by atoms with E-state index in [-0.39, 0.29) is 5.91 Å². The van der Waals surface area contributed by atoms with Crippen LogP contribution in [0, 0.1) is 0 Å². The molecule has 1 amide bonds. The summed E-state index contributed by atoms with van der Waals surface area (Å²) in [5, 5.41) is 3.16. The van der Waals surface area contributed by atoms with Crippen molar-refractivity contribution in [1.29, 1.82) is 0 Å². The van der Waals surface area contributed by atoms with Crippen molar-refractivity contribution < 1.29 is 4.79 Å². The van der Waals surface area contributed by atoms with Gasteiger partial charge >= 0.3 is 0 Å². The van der Waals surface area contributed by atoms with Crippen LogP contribution in [0.2, 0.25) is 0 Å². The summed E-state index contributed by atoms with van der Waals surface area (Å²) in [6.45, 7) is 2.87. The summed E-state index contributed by atoms with van der Waals surface area (Å²) >= 11 is 1.80. The summed E-state index contributed by atoms with van der Waals surface area (Å²) < 4.78 is 0. The van der Waals surface area contributed by atoms with Crippen molar-refractivity contribution in [3.05, 3.63) is 0 Å². The summed E-state index contributed by atoms with van der Waals surface area (Å²) in [6, 6.07) is 0. The molecule has 0 aliphatic carbocycles. The van der Waals surface area contributed by atoms with E-state index < -0.39 is 0 Å². The van der Waals surface area contributed by atoms with Crippen molar-refractivity contribution >= 4 is 17.7 Å². The molecule has 0 rings (SSSR count). The minimum atomic E-state index is 0.113. The number of nitrogens with two attached hydrogens (primary N) is 1. The third-order valence-corrected chi connectivity index (χ3v) is 2.83. The molecule has 0 saturated heterocycles. The highest BCUT2D eigenvalue weighted by molar-refractivity contribution is 7.99. The average molecular weight is 190 g/mol. The maximum Gasteiger partial charge on any atom is 0.220 e. The topological polar surface area (TPSA) is 55.1 Å². The molecule has 1 unspecified atom stereocenters. The van der Waals surface area contributed by atoms with Gasteiger partial charge in [0.15, 0.2) is 0 Å². The summed E-state index contributed by atoms with van der Waals surface area (Å²) in [7, 11) is 1.66. The van der Waals surface area contributed by atoms with Crippen LogP contribution < -0.4 is 11.1 Å². The molecule has 12 heavy (non-hydrogen) atoms. The Hall–Kier alpha value is -0.220. The first-order valence-corrected chi connectivity index (χ1v) is 5.27. The van der Waals surface area contributed by atoms with E-state index in [4.69, 9.17) is 5.73 Å². The van der Waals surface area contributed by atoms with E-state index in [1.165, 1.54) is 0 Å². The summed E-state index contributed by atoms with van der Waals surface area (Å²) in [5.41, 5.74) is 5.39. The van der Waals surface area contributed by atoms with Gasteiger partial charge in [-0.15, -0.1) is 0 Å². The zero-order chi connectivity index (χ0) is 9.40. The second kappa shape index (κ2) is 7.43. The molecule has 3 N–H and O–H groups in total. The Morgan fingerprint density at radius 3 is 2.83 bits per heavy atom. The van der Waals surface area contributed by atoms with Crippen LogP contribution >= 0.6 is 11.8 Å². The smallest absolute Gasteiger partial charge is 0.220 e. The fraction of sp³-hybridized carbons (Fsp3) is 0.875. The number of hydrogen-bond donors (Lipinski definition) is 2. The fourth-order valence-corrected chi connectivity index (χ4v) is 1.80. The second-order valence-electron chi connectivity index (χ2n) is 2.68. The van der Waals surface area contributed by atoms with E-state index in [0.29, 0.717) is 11.7 Å². The van der Waals surface area contributed by atoms with Gasteiger partial charge in [0.05, 0.1) is 0 Å². The zero-order valence-corrected chi connectivity index (χ0v) is 8.62. The summed E-state index contributed by atoms with van der Waals surface area (Å²) in [4.78, 5) is 10.8. The van der Waals surface area contributed by atoms with Gasteiger partial charge < -0.3 is 11.1 Å². The lowest BCUT2D eigenvalue weighted by Crippen LogP contribution is -2.18. The fourth-order valence-electron chi connectivity index (χ4n) is 0.796. The molecule has 0 heterocycles. The summed E-state index contributed by atoms with van der Waals surface area (Å²) in [5.74, 6) is 1.00. The van der Waals surface area contributed by atoms with E-state index in [0.717, 1.165) is 18.7 Å². The Morgan fingerprint density at radius 2 is 2.33 bits per heavy atom. The van der Waals surface area contributed by atoms with Crippen molar-refractivity contribution in [3.8, 4) is 0 Å². The molecule has 3 nitrogen and oxygen atoms in total. The molecule has 0 saturated carbocycles. The van der Waals surface area contributed by atoms with Crippen molar-refractivity contribution in [2.75, 3.05) is 19.3 Å². The number of hydrogen-bond acceptors (Lipinski definition) is 3. The molecular weight excluding hydrogens is 172 g/mol. The van der Waals surface area contributed by atoms with E-state index in [1.54, 1.807) is 18.8 Å². The average Bonchev–Trinajstić information content (AvgIpc) is 2.04. The molecule has 4 heteroatoms. The van der Waals surface area contributed by atoms with Crippen molar-refractivity contribution in [2.24, 2.45) is 5.73 Å². The maximum absolute atomic E-state index is 10.8. The van der Waals surface area contributed by atoms with Crippen molar-refractivity contribution in [1.82, 2.24) is 5.32 Å². The second-order valence-corrected chi connectivity index (χ2v) is 4.23. The van der Waals surface area contributed by atoms with Crippen LogP contribution in [-0.2, 0) is 4.79 Å². The zero-order valence-electron chi connectivity index (χ0n) is 7.80. The first-order valence-electron chi connectivity index (χ1n) is 4.23.